The zero-order valence-electron chi connectivity index (χ0n) is 10.6. The Hall–Kier alpha value is -1.71. The van der Waals surface area contributed by atoms with E-state index in [1.54, 1.807) is 23.1 Å². The summed E-state index contributed by atoms with van der Waals surface area (Å²) in [5.41, 5.74) is 8.92. The molecule has 1 amide bonds. The summed E-state index contributed by atoms with van der Waals surface area (Å²) in [5.74, 6) is -0.112. The molecule has 102 valence electrons. The van der Waals surface area contributed by atoms with E-state index in [0.29, 0.717) is 27.8 Å². The fourth-order valence-electron chi connectivity index (χ4n) is 2.44. The quantitative estimate of drug-likeness (QED) is 0.815. The number of anilines is 2. The molecule has 0 aromatic heterocycles. The van der Waals surface area contributed by atoms with Gasteiger partial charge in [-0.05, 0) is 42.3 Å². The van der Waals surface area contributed by atoms with Crippen LogP contribution in [0, 0.1) is 0 Å². The van der Waals surface area contributed by atoms with Crippen molar-refractivity contribution in [1.29, 1.82) is 0 Å². The number of halogens is 2. The summed E-state index contributed by atoms with van der Waals surface area (Å²) >= 11 is 11.9. The first kappa shape index (κ1) is 13.3. The van der Waals surface area contributed by atoms with Gasteiger partial charge in [-0.2, -0.15) is 0 Å². The maximum Gasteiger partial charge on any atom is 0.258 e. The van der Waals surface area contributed by atoms with Crippen LogP contribution in [0.5, 0.6) is 0 Å². The molecule has 0 fully saturated rings. The third-order valence-corrected chi connectivity index (χ3v) is 3.80. The Morgan fingerprint density at radius 1 is 1.10 bits per heavy atom. The minimum absolute atomic E-state index is 0.112. The van der Waals surface area contributed by atoms with Gasteiger partial charge in [-0.25, -0.2) is 0 Å². The summed E-state index contributed by atoms with van der Waals surface area (Å²) < 4.78 is 0. The molecule has 0 atom stereocenters. The van der Waals surface area contributed by atoms with Crippen LogP contribution in [0.1, 0.15) is 15.9 Å². The van der Waals surface area contributed by atoms with Crippen LogP contribution in [-0.2, 0) is 6.42 Å². The number of rotatable bonds is 1. The number of carbonyl (C=O) groups is 1. The molecule has 3 rings (SSSR count). The van der Waals surface area contributed by atoms with E-state index in [2.05, 4.69) is 0 Å². The lowest BCUT2D eigenvalue weighted by Gasteiger charge is -2.18. The van der Waals surface area contributed by atoms with Crippen molar-refractivity contribution in [2.45, 2.75) is 6.42 Å². The van der Waals surface area contributed by atoms with E-state index in [1.807, 2.05) is 18.2 Å². The fourth-order valence-corrected chi connectivity index (χ4v) is 2.97. The van der Waals surface area contributed by atoms with Crippen molar-refractivity contribution in [3.8, 4) is 0 Å². The molecule has 0 saturated carbocycles. The summed E-state index contributed by atoms with van der Waals surface area (Å²) in [6.45, 7) is 0.641. The van der Waals surface area contributed by atoms with Gasteiger partial charge in [-0.15, -0.1) is 0 Å². The van der Waals surface area contributed by atoms with Crippen molar-refractivity contribution in [3.05, 3.63) is 57.6 Å². The predicted molar refractivity (Wildman–Crippen MR) is 82.7 cm³/mol. The number of hydrogen-bond acceptors (Lipinski definition) is 2. The van der Waals surface area contributed by atoms with Gasteiger partial charge in [0.25, 0.3) is 5.91 Å². The third kappa shape index (κ3) is 2.35. The standard InChI is InChI=1S/C15H12Cl2N2O/c16-11-5-10(6-12(17)7-11)15(20)19-4-3-9-1-2-13(18)8-14(9)19/h1-2,5-8H,3-4,18H2. The summed E-state index contributed by atoms with van der Waals surface area (Å²) in [6, 6.07) is 10.5. The summed E-state index contributed by atoms with van der Waals surface area (Å²) in [4.78, 5) is 14.3. The number of fused-ring (bicyclic) bond motifs is 1. The number of benzene rings is 2. The van der Waals surface area contributed by atoms with Gasteiger partial charge in [0.05, 0.1) is 0 Å². The van der Waals surface area contributed by atoms with Crippen molar-refractivity contribution >= 4 is 40.5 Å². The topological polar surface area (TPSA) is 46.3 Å². The van der Waals surface area contributed by atoms with Crippen LogP contribution in [0.15, 0.2) is 36.4 Å². The SMILES string of the molecule is Nc1ccc2c(c1)N(C(=O)c1cc(Cl)cc(Cl)c1)CC2. The molecule has 1 aliphatic heterocycles. The Balaban J connectivity index is 1.99. The maximum atomic E-state index is 12.6. The second kappa shape index (κ2) is 5.00. The number of nitrogen functional groups attached to an aromatic ring is 1. The molecular formula is C15H12Cl2N2O. The monoisotopic (exact) mass is 306 g/mol. The van der Waals surface area contributed by atoms with Crippen molar-refractivity contribution in [2.24, 2.45) is 0 Å². The van der Waals surface area contributed by atoms with Crippen molar-refractivity contribution in [3.63, 3.8) is 0 Å². The van der Waals surface area contributed by atoms with E-state index < -0.39 is 0 Å². The van der Waals surface area contributed by atoms with Gasteiger partial charge in [0.2, 0.25) is 0 Å². The molecular weight excluding hydrogens is 295 g/mol. The number of nitrogens with two attached hydrogens (primary N) is 1. The van der Waals surface area contributed by atoms with Gasteiger partial charge in [0.15, 0.2) is 0 Å². The first-order valence-corrected chi connectivity index (χ1v) is 6.96. The number of amides is 1. The molecule has 2 aromatic carbocycles. The number of hydrogen-bond donors (Lipinski definition) is 1. The van der Waals surface area contributed by atoms with Crippen LogP contribution < -0.4 is 10.6 Å². The van der Waals surface area contributed by atoms with Crippen molar-refractivity contribution < 1.29 is 4.79 Å². The van der Waals surface area contributed by atoms with Crippen molar-refractivity contribution in [1.82, 2.24) is 0 Å². The van der Waals surface area contributed by atoms with Gasteiger partial charge in [-0.3, -0.25) is 4.79 Å². The zero-order chi connectivity index (χ0) is 14.3. The molecule has 2 aromatic rings. The molecule has 0 radical (unpaired) electrons. The average Bonchev–Trinajstić information content (AvgIpc) is 2.79. The fraction of sp³-hybridized carbons (Fsp3) is 0.133. The van der Waals surface area contributed by atoms with E-state index in [-0.39, 0.29) is 5.91 Å². The molecule has 5 heteroatoms. The van der Waals surface area contributed by atoms with Crippen LogP contribution in [0.4, 0.5) is 11.4 Å². The van der Waals surface area contributed by atoms with Gasteiger partial charge in [-0.1, -0.05) is 29.3 Å². The molecule has 3 nitrogen and oxygen atoms in total. The first-order valence-electron chi connectivity index (χ1n) is 6.21. The largest absolute Gasteiger partial charge is 0.399 e. The Morgan fingerprint density at radius 3 is 2.50 bits per heavy atom. The first-order chi connectivity index (χ1) is 9.54. The van der Waals surface area contributed by atoms with E-state index in [0.717, 1.165) is 17.7 Å². The highest BCUT2D eigenvalue weighted by Gasteiger charge is 2.26. The Bertz CT molecular complexity index is 680. The second-order valence-electron chi connectivity index (χ2n) is 4.75. The predicted octanol–water partition coefficient (Wildman–Crippen LogP) is 3.78. The number of nitrogens with zero attached hydrogens (tertiary/aromatic N) is 1. The second-order valence-corrected chi connectivity index (χ2v) is 5.63. The van der Waals surface area contributed by atoms with E-state index in [9.17, 15) is 4.79 Å². The molecule has 0 saturated heterocycles. The van der Waals surface area contributed by atoms with Gasteiger partial charge >= 0.3 is 0 Å². The average molecular weight is 307 g/mol. The summed E-state index contributed by atoms with van der Waals surface area (Å²) in [7, 11) is 0. The molecule has 0 aliphatic carbocycles. The van der Waals surface area contributed by atoms with Gasteiger partial charge in [0.1, 0.15) is 0 Å². The normalized spacial score (nSPS) is 13.4. The van der Waals surface area contributed by atoms with Crippen LogP contribution in [-0.4, -0.2) is 12.5 Å². The van der Waals surface area contributed by atoms with Crippen LogP contribution in [0.3, 0.4) is 0 Å². The third-order valence-electron chi connectivity index (χ3n) is 3.36. The molecule has 1 aliphatic rings. The summed E-state index contributed by atoms with van der Waals surface area (Å²) in [6.07, 6.45) is 0.829. The van der Waals surface area contributed by atoms with Gasteiger partial charge in [0, 0.05) is 33.5 Å². The highest BCUT2D eigenvalue weighted by Crippen LogP contribution is 2.32. The van der Waals surface area contributed by atoms with Crippen LogP contribution in [0.2, 0.25) is 10.0 Å². The van der Waals surface area contributed by atoms with Gasteiger partial charge < -0.3 is 10.6 Å². The molecule has 0 bridgehead atoms. The molecule has 1 heterocycles. The lowest BCUT2D eigenvalue weighted by atomic mass is 10.1. The highest BCUT2D eigenvalue weighted by molar-refractivity contribution is 6.35. The Labute approximate surface area is 126 Å². The maximum absolute atomic E-state index is 12.6. The molecule has 0 spiro atoms. The summed E-state index contributed by atoms with van der Waals surface area (Å²) in [5, 5.41) is 0.903. The van der Waals surface area contributed by atoms with Crippen molar-refractivity contribution in [2.75, 3.05) is 17.2 Å². The Morgan fingerprint density at radius 2 is 1.80 bits per heavy atom. The minimum Gasteiger partial charge on any atom is -0.399 e. The smallest absolute Gasteiger partial charge is 0.258 e. The molecule has 20 heavy (non-hydrogen) atoms. The zero-order valence-corrected chi connectivity index (χ0v) is 12.1. The Kier molecular flexibility index (Phi) is 3.32. The van der Waals surface area contributed by atoms with Crippen LogP contribution >= 0.6 is 23.2 Å². The van der Waals surface area contributed by atoms with E-state index in [1.165, 1.54) is 0 Å². The lowest BCUT2D eigenvalue weighted by molar-refractivity contribution is 0.0989. The minimum atomic E-state index is -0.112. The lowest BCUT2D eigenvalue weighted by Crippen LogP contribution is -2.28. The van der Waals surface area contributed by atoms with E-state index >= 15 is 0 Å². The van der Waals surface area contributed by atoms with E-state index in [4.69, 9.17) is 28.9 Å². The molecule has 2 N–H and O–H groups in total. The molecule has 0 unspecified atom stereocenters. The highest BCUT2D eigenvalue weighted by atomic mass is 35.5. The number of carbonyl (C=O) groups excluding carboxylic acids is 1. The van der Waals surface area contributed by atoms with Crippen LogP contribution in [0.25, 0.3) is 0 Å².